The Morgan fingerprint density at radius 2 is 2.18 bits per heavy atom. The van der Waals surface area contributed by atoms with E-state index < -0.39 is 26.8 Å². The van der Waals surface area contributed by atoms with Crippen LogP contribution in [0.15, 0.2) is 52.0 Å². The summed E-state index contributed by atoms with van der Waals surface area (Å²) >= 11 is 7.84. The van der Waals surface area contributed by atoms with Crippen molar-refractivity contribution in [3.63, 3.8) is 0 Å². The summed E-state index contributed by atoms with van der Waals surface area (Å²) in [4.78, 5) is 5.83. The van der Waals surface area contributed by atoms with Crippen LogP contribution in [0.4, 0.5) is 21.6 Å². The van der Waals surface area contributed by atoms with Gasteiger partial charge in [0.25, 0.3) is 0 Å². The Balaban J connectivity index is 1.59. The summed E-state index contributed by atoms with van der Waals surface area (Å²) in [6.07, 6.45) is 4.60. The molecule has 34 heavy (non-hydrogen) atoms. The second-order valence-corrected chi connectivity index (χ2v) is 13.0. The third-order valence-electron chi connectivity index (χ3n) is 5.97. The molecule has 0 amide bonds. The molecule has 1 aliphatic carbocycles. The van der Waals surface area contributed by atoms with Crippen LogP contribution < -0.4 is 25.0 Å². The van der Waals surface area contributed by atoms with Crippen molar-refractivity contribution < 1.29 is 17.9 Å². The van der Waals surface area contributed by atoms with Gasteiger partial charge in [-0.25, -0.2) is 9.37 Å². The number of likely N-dealkylation sites (N-methyl/N-ethyl adjacent to an activating group) is 1. The Morgan fingerprint density at radius 3 is 2.82 bits per heavy atom. The van der Waals surface area contributed by atoms with Crippen LogP contribution in [0.3, 0.4) is 0 Å². The number of anilines is 3. The molecule has 0 radical (unpaired) electrons. The molecule has 2 aliphatic rings. The fourth-order valence-electron chi connectivity index (χ4n) is 4.15. The standard InChI is InChI=1S/C22H29ClFN5O3S2/c1-25-14-6-7-29(11-14)20-8-15(32-2)4-5-18(20)27-19-10-17(24)21(9-16(19)23)34(3,30,31)28-22-12-33-13-26-22/h4-5,8-10,12-14,16,19,25,27H,6-7,11H2,1-3H3,(H2,28,30,31). The Morgan fingerprint density at radius 1 is 1.38 bits per heavy atom. The molecule has 4 rings (SSSR count). The van der Waals surface area contributed by atoms with Gasteiger partial charge in [-0.05, 0) is 37.8 Å². The predicted octanol–water partition coefficient (Wildman–Crippen LogP) is 4.04. The van der Waals surface area contributed by atoms with Gasteiger partial charge in [0, 0.05) is 36.8 Å². The van der Waals surface area contributed by atoms with Gasteiger partial charge in [-0.2, -0.15) is 4.21 Å². The van der Waals surface area contributed by atoms with Gasteiger partial charge >= 0.3 is 0 Å². The van der Waals surface area contributed by atoms with Gasteiger partial charge in [0.1, 0.15) is 16.5 Å². The average molecular weight is 530 g/mol. The number of methoxy groups -OCH3 is 1. The lowest BCUT2D eigenvalue weighted by Gasteiger charge is -2.43. The number of thiazole rings is 1. The number of nitrogens with one attached hydrogen (secondary N) is 3. The monoisotopic (exact) mass is 529 g/mol. The maximum atomic E-state index is 15.2. The van der Waals surface area contributed by atoms with E-state index in [1.807, 2.05) is 25.2 Å². The van der Waals surface area contributed by atoms with Gasteiger partial charge in [-0.1, -0.05) is 0 Å². The highest BCUT2D eigenvalue weighted by Gasteiger charge is 2.36. The van der Waals surface area contributed by atoms with Gasteiger partial charge in [-0.15, -0.1) is 32.5 Å². The third kappa shape index (κ3) is 5.23. The molecular weight excluding hydrogens is 501 g/mol. The fourth-order valence-corrected chi connectivity index (χ4v) is 6.76. The molecule has 1 aromatic heterocycles. The van der Waals surface area contributed by atoms with Crippen molar-refractivity contribution in [3.8, 4) is 5.75 Å². The molecule has 1 aliphatic heterocycles. The van der Waals surface area contributed by atoms with Crippen LogP contribution in [0.25, 0.3) is 0 Å². The number of benzene rings is 1. The third-order valence-corrected chi connectivity index (χ3v) is 9.02. The molecule has 0 saturated carbocycles. The van der Waals surface area contributed by atoms with Crippen LogP contribution in [-0.2, 0) is 9.53 Å². The molecule has 12 heteroatoms. The van der Waals surface area contributed by atoms with Gasteiger partial charge in [0.15, 0.2) is 5.82 Å². The number of hydrogen-bond acceptors (Lipinski definition) is 7. The second-order valence-electron chi connectivity index (χ2n) is 8.52. The molecule has 0 spiro atoms. The van der Waals surface area contributed by atoms with Gasteiger partial charge in [-0.3, -0.25) is 9.27 Å². The Hall–Kier alpha value is -2.18. The summed E-state index contributed by atoms with van der Waals surface area (Å²) in [5, 5.41) is 7.41. The van der Waals surface area contributed by atoms with E-state index in [0.717, 1.165) is 37.1 Å². The van der Waals surface area contributed by atoms with Crippen molar-refractivity contribution in [1.29, 1.82) is 0 Å². The Bertz CT molecular complexity index is 1170. The zero-order chi connectivity index (χ0) is 24.5. The topological polar surface area (TPSA) is 98.8 Å². The summed E-state index contributed by atoms with van der Waals surface area (Å²) in [7, 11) is -1.22. The van der Waals surface area contributed by atoms with Crippen LogP contribution in [-0.4, -0.2) is 64.7 Å². The van der Waals surface area contributed by atoms with E-state index in [1.165, 1.54) is 29.0 Å². The highest BCUT2D eigenvalue weighted by atomic mass is 35.5. The molecule has 0 bridgehead atoms. The molecule has 4 N–H and O–H groups in total. The highest BCUT2D eigenvalue weighted by Crippen LogP contribution is 2.40. The van der Waals surface area contributed by atoms with Crippen LogP contribution in [0.2, 0.25) is 0 Å². The summed E-state index contributed by atoms with van der Waals surface area (Å²) < 4.78 is 47.3. The normalized spacial score (nSPS) is 24.1. The van der Waals surface area contributed by atoms with Crippen molar-refractivity contribution in [2.75, 3.05) is 48.4 Å². The Labute approximate surface area is 207 Å². The van der Waals surface area contributed by atoms with Crippen molar-refractivity contribution in [2.24, 2.45) is 0 Å². The molecule has 186 valence electrons. The number of ether oxygens (including phenoxy) is 1. The lowest BCUT2D eigenvalue weighted by atomic mass is 10.1. The Kier molecular flexibility index (Phi) is 6.94. The quantitative estimate of drug-likeness (QED) is 0.383. The number of nitrogens with zero attached hydrogens (tertiary/aromatic N) is 2. The van der Waals surface area contributed by atoms with Crippen molar-refractivity contribution in [1.82, 2.24) is 10.3 Å². The zero-order valence-electron chi connectivity index (χ0n) is 19.1. The first-order valence-electron chi connectivity index (χ1n) is 10.7. The van der Waals surface area contributed by atoms with Crippen molar-refractivity contribution in [3.05, 3.63) is 52.0 Å². The van der Waals surface area contributed by atoms with E-state index in [-0.39, 0.29) is 10.7 Å². The minimum absolute atomic E-state index is 0.195. The smallest absolute Gasteiger partial charge is 0.154 e. The molecule has 3 atom stereocenters. The van der Waals surface area contributed by atoms with E-state index in [0.29, 0.717) is 11.8 Å². The van der Waals surface area contributed by atoms with E-state index in [1.54, 1.807) is 12.5 Å². The summed E-state index contributed by atoms with van der Waals surface area (Å²) in [6, 6.07) is 5.38. The van der Waals surface area contributed by atoms with Gasteiger partial charge in [0.05, 0.1) is 35.4 Å². The zero-order valence-corrected chi connectivity index (χ0v) is 21.5. The predicted molar refractivity (Wildman–Crippen MR) is 139 cm³/mol. The fraction of sp³-hybridized carbons (Fsp3) is 0.409. The molecule has 2 heterocycles. The number of halogens is 2. The maximum absolute atomic E-state index is 15.2. The first kappa shape index (κ1) is 24.9. The molecule has 1 fully saturated rings. The molecule has 1 saturated heterocycles. The molecule has 2 aromatic rings. The highest BCUT2D eigenvalue weighted by molar-refractivity contribution is 8.19. The second kappa shape index (κ2) is 9.46. The summed E-state index contributed by atoms with van der Waals surface area (Å²) in [5.41, 5.74) is 3.21. The maximum Gasteiger partial charge on any atom is 0.154 e. The van der Waals surface area contributed by atoms with E-state index in [9.17, 15) is 8.76 Å². The van der Waals surface area contributed by atoms with Crippen LogP contribution >= 0.6 is 22.9 Å². The minimum Gasteiger partial charge on any atom is -0.497 e. The van der Waals surface area contributed by atoms with Gasteiger partial charge < -0.3 is 20.3 Å². The first-order chi connectivity index (χ1) is 16.1. The minimum atomic E-state index is -4.77. The van der Waals surface area contributed by atoms with E-state index in [4.69, 9.17) is 16.3 Å². The average Bonchev–Trinajstić information content (AvgIpc) is 3.47. The van der Waals surface area contributed by atoms with Crippen LogP contribution in [0.1, 0.15) is 6.42 Å². The number of hydrogen-bond donors (Lipinski definition) is 4. The largest absolute Gasteiger partial charge is 0.497 e. The van der Waals surface area contributed by atoms with Crippen molar-refractivity contribution in [2.45, 2.75) is 23.9 Å². The molecule has 3 unspecified atom stereocenters. The van der Waals surface area contributed by atoms with Crippen molar-refractivity contribution >= 4 is 49.7 Å². The number of allylic oxidation sites excluding steroid dienone is 1. The SMILES string of the molecule is CNC1CCN(c2cc(OC)ccc2NC2C=C(F)C(S(C)(=O)(O)Nc3cscn3)=CC2Cl)C1. The van der Waals surface area contributed by atoms with Gasteiger partial charge in [0.2, 0.25) is 0 Å². The molecule has 8 nitrogen and oxygen atoms in total. The van der Waals surface area contributed by atoms with Crippen LogP contribution in [0.5, 0.6) is 5.75 Å². The first-order valence-corrected chi connectivity index (χ1v) is 14.5. The lowest BCUT2D eigenvalue weighted by molar-refractivity contribution is 0.415. The molecule has 1 aromatic carbocycles. The summed E-state index contributed by atoms with van der Waals surface area (Å²) in [6.45, 7) is 1.69. The molecular formula is C22H29ClFN5O3S2. The lowest BCUT2D eigenvalue weighted by Crippen LogP contribution is -2.43. The number of rotatable bonds is 8. The number of alkyl halides is 1. The van der Waals surface area contributed by atoms with E-state index in [2.05, 4.69) is 25.2 Å². The number of aromatic nitrogens is 1. The van der Waals surface area contributed by atoms with Crippen LogP contribution in [0, 0.1) is 0 Å². The summed E-state index contributed by atoms with van der Waals surface area (Å²) in [5.74, 6) is 0.0941. The van der Waals surface area contributed by atoms with E-state index >= 15 is 4.39 Å².